The van der Waals surface area contributed by atoms with E-state index < -0.39 is 40.5 Å². The fraction of sp³-hybridized carbons (Fsp3) is 0.154. The molecule has 0 spiro atoms. The summed E-state index contributed by atoms with van der Waals surface area (Å²) in [5.41, 5.74) is -0.211. The highest BCUT2D eigenvalue weighted by atomic mass is 19.2. The van der Waals surface area contributed by atoms with E-state index in [4.69, 9.17) is 18.6 Å². The number of methoxy groups -OCH3 is 2. The van der Waals surface area contributed by atoms with Gasteiger partial charge in [-0.25, -0.2) is 13.2 Å². The standard InChI is InChI=1S/C26H17F3O7/c1-33-18-4-3-11(7-19(18)34-2)14-10-35-26-22-13(12-5-15(27)24(29)16(28)6-12)8-21(31)36-20(22)9-17(30)23(26)25(14)32/h3-7,9-10,13,30H,8H2,1-2H3. The molecule has 3 aromatic carbocycles. The summed E-state index contributed by atoms with van der Waals surface area (Å²) < 4.78 is 63.1. The average Bonchev–Trinajstić information content (AvgIpc) is 2.85. The molecule has 1 unspecified atom stereocenters. The molecular weight excluding hydrogens is 481 g/mol. The largest absolute Gasteiger partial charge is 0.507 e. The second kappa shape index (κ2) is 8.63. The van der Waals surface area contributed by atoms with Gasteiger partial charge in [-0.2, -0.15) is 0 Å². The van der Waals surface area contributed by atoms with Crippen molar-refractivity contribution in [3.8, 4) is 34.1 Å². The number of ether oxygens (including phenoxy) is 3. The first-order chi connectivity index (χ1) is 17.2. The normalized spacial score (nSPS) is 14.9. The molecule has 36 heavy (non-hydrogen) atoms. The molecule has 1 N–H and O–H groups in total. The predicted molar refractivity (Wildman–Crippen MR) is 121 cm³/mol. The second-order valence-corrected chi connectivity index (χ2v) is 8.09. The van der Waals surface area contributed by atoms with Crippen molar-refractivity contribution in [1.29, 1.82) is 0 Å². The summed E-state index contributed by atoms with van der Waals surface area (Å²) in [6, 6.07) is 7.34. The number of phenolic OH excluding ortho intramolecular Hbond substituents is 1. The van der Waals surface area contributed by atoms with Crippen LogP contribution in [0.1, 0.15) is 23.5 Å². The highest BCUT2D eigenvalue weighted by molar-refractivity contribution is 5.94. The topological polar surface area (TPSA) is 95.2 Å². The smallest absolute Gasteiger partial charge is 0.312 e. The van der Waals surface area contributed by atoms with E-state index in [1.807, 2.05) is 0 Å². The summed E-state index contributed by atoms with van der Waals surface area (Å²) in [6.45, 7) is 0. The molecule has 0 aliphatic carbocycles. The number of benzene rings is 3. The van der Waals surface area contributed by atoms with Gasteiger partial charge in [-0.05, 0) is 35.4 Å². The summed E-state index contributed by atoms with van der Waals surface area (Å²) in [5, 5.41) is 10.4. The van der Waals surface area contributed by atoms with E-state index >= 15 is 0 Å². The molecule has 0 fully saturated rings. The van der Waals surface area contributed by atoms with Crippen LogP contribution in [0.25, 0.3) is 22.1 Å². The minimum Gasteiger partial charge on any atom is -0.507 e. The van der Waals surface area contributed by atoms with Crippen LogP contribution in [0.4, 0.5) is 13.2 Å². The molecule has 4 aromatic rings. The summed E-state index contributed by atoms with van der Waals surface area (Å²) in [5.74, 6) is -6.19. The first-order valence-corrected chi connectivity index (χ1v) is 10.6. The zero-order valence-corrected chi connectivity index (χ0v) is 18.9. The van der Waals surface area contributed by atoms with Gasteiger partial charge in [0, 0.05) is 17.5 Å². The van der Waals surface area contributed by atoms with Gasteiger partial charge in [-0.1, -0.05) is 6.07 Å². The molecule has 0 amide bonds. The molecule has 2 heterocycles. The van der Waals surface area contributed by atoms with Crippen LogP contribution in [0.2, 0.25) is 0 Å². The minimum absolute atomic E-state index is 0.0668. The number of esters is 1. The summed E-state index contributed by atoms with van der Waals surface area (Å²) in [7, 11) is 2.90. The van der Waals surface area contributed by atoms with Gasteiger partial charge in [0.15, 0.2) is 29.0 Å². The quantitative estimate of drug-likeness (QED) is 0.239. The molecule has 184 valence electrons. The van der Waals surface area contributed by atoms with Gasteiger partial charge in [0.25, 0.3) is 0 Å². The molecule has 1 atom stereocenters. The van der Waals surface area contributed by atoms with Crippen molar-refractivity contribution >= 4 is 16.9 Å². The van der Waals surface area contributed by atoms with Crippen LogP contribution in [-0.2, 0) is 4.79 Å². The Labute approximate surface area is 201 Å². The number of rotatable bonds is 4. The number of phenols is 1. The van der Waals surface area contributed by atoms with Crippen LogP contribution in [0.15, 0.2) is 51.9 Å². The molecular formula is C26H17F3O7. The molecule has 0 saturated heterocycles. The van der Waals surface area contributed by atoms with Crippen LogP contribution in [-0.4, -0.2) is 25.3 Å². The van der Waals surface area contributed by atoms with Crippen LogP contribution < -0.4 is 19.6 Å². The Morgan fingerprint density at radius 1 is 0.972 bits per heavy atom. The van der Waals surface area contributed by atoms with Crippen molar-refractivity contribution in [3.63, 3.8) is 0 Å². The molecule has 0 radical (unpaired) electrons. The van der Waals surface area contributed by atoms with Crippen molar-refractivity contribution in [1.82, 2.24) is 0 Å². The van der Waals surface area contributed by atoms with Crippen LogP contribution in [0.3, 0.4) is 0 Å². The first-order valence-electron chi connectivity index (χ1n) is 10.6. The van der Waals surface area contributed by atoms with Crippen LogP contribution in [0, 0.1) is 17.5 Å². The Bertz CT molecular complexity index is 1590. The molecule has 1 aliphatic heterocycles. The number of hydrogen-bond acceptors (Lipinski definition) is 7. The summed E-state index contributed by atoms with van der Waals surface area (Å²) in [4.78, 5) is 25.7. The maximum atomic E-state index is 14.0. The van der Waals surface area contributed by atoms with E-state index in [1.165, 1.54) is 14.2 Å². The zero-order chi connectivity index (χ0) is 25.7. The van der Waals surface area contributed by atoms with E-state index in [9.17, 15) is 27.9 Å². The van der Waals surface area contributed by atoms with Gasteiger partial charge >= 0.3 is 5.97 Å². The number of halogens is 3. The molecule has 5 rings (SSSR count). The third-order valence-electron chi connectivity index (χ3n) is 6.07. The minimum atomic E-state index is -1.65. The lowest BCUT2D eigenvalue weighted by Crippen LogP contribution is -2.22. The monoisotopic (exact) mass is 498 g/mol. The number of carbonyl (C=O) groups is 1. The Hall–Kier alpha value is -4.47. The van der Waals surface area contributed by atoms with Gasteiger partial charge in [-0.3, -0.25) is 9.59 Å². The third kappa shape index (κ3) is 3.62. The SMILES string of the molecule is COc1ccc(-c2coc3c4c(cc(O)c3c2=O)OC(=O)CC4c2cc(F)c(F)c(F)c2)cc1OC. The third-order valence-corrected chi connectivity index (χ3v) is 6.07. The maximum Gasteiger partial charge on any atom is 0.312 e. The Balaban J connectivity index is 1.75. The van der Waals surface area contributed by atoms with E-state index in [0.717, 1.165) is 24.5 Å². The number of carbonyl (C=O) groups excluding carboxylic acids is 1. The lowest BCUT2D eigenvalue weighted by Gasteiger charge is -2.26. The predicted octanol–water partition coefficient (Wildman–Crippen LogP) is 5.04. The number of aromatic hydroxyl groups is 1. The van der Waals surface area contributed by atoms with E-state index in [-0.39, 0.29) is 39.8 Å². The highest BCUT2D eigenvalue weighted by Crippen LogP contribution is 2.46. The molecule has 0 saturated carbocycles. The zero-order valence-electron chi connectivity index (χ0n) is 18.9. The van der Waals surface area contributed by atoms with Crippen molar-refractivity contribution in [2.75, 3.05) is 14.2 Å². The fourth-order valence-electron chi connectivity index (χ4n) is 4.40. The summed E-state index contributed by atoms with van der Waals surface area (Å²) in [6.07, 6.45) is 0.795. The van der Waals surface area contributed by atoms with Gasteiger partial charge in [0.05, 0.1) is 26.2 Å². The lowest BCUT2D eigenvalue weighted by molar-refractivity contribution is -0.135. The van der Waals surface area contributed by atoms with E-state index in [1.54, 1.807) is 18.2 Å². The van der Waals surface area contributed by atoms with Crippen LogP contribution >= 0.6 is 0 Å². The van der Waals surface area contributed by atoms with Gasteiger partial charge < -0.3 is 23.7 Å². The van der Waals surface area contributed by atoms with Crippen molar-refractivity contribution in [2.45, 2.75) is 12.3 Å². The van der Waals surface area contributed by atoms with Crippen molar-refractivity contribution < 1.29 is 41.7 Å². The first kappa shape index (κ1) is 23.3. The molecule has 0 bridgehead atoms. The lowest BCUT2D eigenvalue weighted by atomic mass is 9.84. The van der Waals surface area contributed by atoms with Crippen molar-refractivity contribution in [2.24, 2.45) is 0 Å². The Kier molecular flexibility index (Phi) is 5.58. The molecule has 1 aliphatic rings. The molecule has 7 nitrogen and oxygen atoms in total. The number of fused-ring (bicyclic) bond motifs is 3. The summed E-state index contributed by atoms with van der Waals surface area (Å²) >= 11 is 0. The van der Waals surface area contributed by atoms with Gasteiger partial charge in [0.2, 0.25) is 5.43 Å². The second-order valence-electron chi connectivity index (χ2n) is 8.09. The number of hydrogen-bond donors (Lipinski definition) is 1. The Morgan fingerprint density at radius 3 is 2.33 bits per heavy atom. The maximum absolute atomic E-state index is 14.0. The Morgan fingerprint density at radius 2 is 1.67 bits per heavy atom. The van der Waals surface area contributed by atoms with E-state index in [0.29, 0.717) is 17.1 Å². The molecule has 10 heteroatoms. The molecule has 1 aromatic heterocycles. The fourth-order valence-corrected chi connectivity index (χ4v) is 4.40. The van der Waals surface area contributed by atoms with Gasteiger partial charge in [0.1, 0.15) is 28.7 Å². The van der Waals surface area contributed by atoms with Crippen molar-refractivity contribution in [3.05, 3.63) is 81.5 Å². The van der Waals surface area contributed by atoms with E-state index in [2.05, 4.69) is 0 Å². The van der Waals surface area contributed by atoms with Crippen LogP contribution in [0.5, 0.6) is 23.0 Å². The average molecular weight is 498 g/mol. The van der Waals surface area contributed by atoms with Gasteiger partial charge in [-0.15, -0.1) is 0 Å². The highest BCUT2D eigenvalue weighted by Gasteiger charge is 2.34.